The highest BCUT2D eigenvalue weighted by atomic mass is 32.2. The van der Waals surface area contributed by atoms with Crippen LogP contribution in [0.25, 0.3) is 10.9 Å². The Morgan fingerprint density at radius 2 is 2.12 bits per heavy atom. The van der Waals surface area contributed by atoms with E-state index in [-0.39, 0.29) is 5.54 Å². The zero-order chi connectivity index (χ0) is 18.1. The highest BCUT2D eigenvalue weighted by Gasteiger charge is 2.41. The maximum atomic E-state index is 12.0. The molecule has 0 spiro atoms. The second-order valence-electron chi connectivity index (χ2n) is 6.81. The molecule has 1 aromatic carbocycles. The molecule has 0 radical (unpaired) electrons. The van der Waals surface area contributed by atoms with Crippen LogP contribution in [0.2, 0.25) is 0 Å². The van der Waals surface area contributed by atoms with Gasteiger partial charge in [0.2, 0.25) is 0 Å². The lowest BCUT2D eigenvalue weighted by atomic mass is 9.91. The third-order valence-electron chi connectivity index (χ3n) is 4.99. The van der Waals surface area contributed by atoms with E-state index >= 15 is 0 Å². The molecule has 0 bridgehead atoms. The first-order valence-corrected chi connectivity index (χ1v) is 10.5. The van der Waals surface area contributed by atoms with Crippen molar-refractivity contribution in [3.05, 3.63) is 24.5 Å². The number of hydrogen-bond donors (Lipinski definition) is 0. The summed E-state index contributed by atoms with van der Waals surface area (Å²) in [5.41, 5.74) is 0.665. The Hall–Kier alpha value is -1.73. The van der Waals surface area contributed by atoms with E-state index in [9.17, 15) is 8.42 Å². The Balaban J connectivity index is 2.16. The lowest BCUT2D eigenvalue weighted by Gasteiger charge is -2.39. The molecule has 1 aliphatic heterocycles. The summed E-state index contributed by atoms with van der Waals surface area (Å²) in [5.74, 6) is 0.804. The quantitative estimate of drug-likeness (QED) is 0.786. The topological polar surface area (TPSA) is 72.4 Å². The van der Waals surface area contributed by atoms with Gasteiger partial charge < -0.3 is 9.64 Å². The number of sulfone groups is 1. The predicted octanol–water partition coefficient (Wildman–Crippen LogP) is 2.82. The van der Waals surface area contributed by atoms with Gasteiger partial charge in [0, 0.05) is 25.3 Å². The first-order chi connectivity index (χ1) is 11.9. The van der Waals surface area contributed by atoms with Crippen molar-refractivity contribution >= 4 is 26.6 Å². The molecule has 0 saturated carbocycles. The average Bonchev–Trinajstić information content (AvgIpc) is 2.97. The summed E-state index contributed by atoms with van der Waals surface area (Å²) in [7, 11) is -1.55. The molecule has 136 valence electrons. The van der Waals surface area contributed by atoms with Crippen LogP contribution in [0, 0.1) is 0 Å². The minimum atomic E-state index is -3.28. The van der Waals surface area contributed by atoms with E-state index in [2.05, 4.69) is 21.8 Å². The first-order valence-electron chi connectivity index (χ1n) is 8.63. The van der Waals surface area contributed by atoms with Gasteiger partial charge in [-0.05, 0) is 37.5 Å². The lowest BCUT2D eigenvalue weighted by Crippen LogP contribution is -2.48. The molecule has 25 heavy (non-hydrogen) atoms. The number of methoxy groups -OCH3 is 1. The van der Waals surface area contributed by atoms with Crippen LogP contribution in [-0.4, -0.2) is 50.4 Å². The van der Waals surface area contributed by atoms with E-state index in [0.29, 0.717) is 11.5 Å². The third-order valence-corrected chi connectivity index (χ3v) is 6.10. The molecule has 0 amide bonds. The summed E-state index contributed by atoms with van der Waals surface area (Å²) in [6, 6.07) is 5.06. The van der Waals surface area contributed by atoms with Crippen molar-refractivity contribution in [1.82, 2.24) is 9.97 Å². The normalized spacial score (nSPS) is 21.2. The Bertz CT molecular complexity index is 861. The molecule has 2 heterocycles. The van der Waals surface area contributed by atoms with Crippen LogP contribution in [-0.2, 0) is 14.6 Å². The molecule has 1 atom stereocenters. The second-order valence-corrected chi connectivity index (χ2v) is 8.83. The minimum absolute atomic E-state index is 0.0914. The zero-order valence-electron chi connectivity index (χ0n) is 15.0. The molecule has 2 aromatic rings. The Kier molecular flexibility index (Phi) is 4.97. The van der Waals surface area contributed by atoms with E-state index in [1.165, 1.54) is 6.26 Å². The highest BCUT2D eigenvalue weighted by Crippen LogP contribution is 2.39. The largest absolute Gasteiger partial charge is 0.382 e. The number of anilines is 1. The summed E-state index contributed by atoms with van der Waals surface area (Å²) in [6.07, 6.45) is 6.96. The standard InChI is InChI=1S/C18H25N3O3S/c1-4-8-18(12-24-2)9-5-10-21(18)17-15-11-14(25(3,22)23)6-7-16(15)19-13-20-17/h6-7,11,13H,4-5,8-10,12H2,1-3H3. The van der Waals surface area contributed by atoms with Crippen LogP contribution in [0.1, 0.15) is 32.6 Å². The van der Waals surface area contributed by atoms with Crippen molar-refractivity contribution in [3.63, 3.8) is 0 Å². The fourth-order valence-electron chi connectivity index (χ4n) is 3.95. The summed E-state index contributed by atoms with van der Waals surface area (Å²) in [4.78, 5) is 11.4. The summed E-state index contributed by atoms with van der Waals surface area (Å²) >= 11 is 0. The average molecular weight is 363 g/mol. The van der Waals surface area contributed by atoms with Crippen LogP contribution in [0.15, 0.2) is 29.4 Å². The Morgan fingerprint density at radius 1 is 1.32 bits per heavy atom. The molecule has 3 rings (SSSR count). The molecule has 1 aliphatic rings. The van der Waals surface area contributed by atoms with Crippen molar-refractivity contribution in [3.8, 4) is 0 Å². The third kappa shape index (κ3) is 3.35. The first kappa shape index (κ1) is 18.1. The van der Waals surface area contributed by atoms with Gasteiger partial charge in [0.1, 0.15) is 12.1 Å². The number of nitrogens with zero attached hydrogens (tertiary/aromatic N) is 3. The van der Waals surface area contributed by atoms with Gasteiger partial charge in [0.25, 0.3) is 0 Å². The molecular formula is C18H25N3O3S. The number of benzene rings is 1. The minimum Gasteiger partial charge on any atom is -0.382 e. The molecule has 1 fully saturated rings. The van der Waals surface area contributed by atoms with Crippen molar-refractivity contribution in [2.24, 2.45) is 0 Å². The molecule has 7 heteroatoms. The van der Waals surface area contributed by atoms with Crippen LogP contribution >= 0.6 is 0 Å². The summed E-state index contributed by atoms with van der Waals surface area (Å²) in [6.45, 7) is 3.70. The van der Waals surface area contributed by atoms with Crippen molar-refractivity contribution < 1.29 is 13.2 Å². The fourth-order valence-corrected chi connectivity index (χ4v) is 4.60. The van der Waals surface area contributed by atoms with Crippen LogP contribution < -0.4 is 4.90 Å². The van der Waals surface area contributed by atoms with Crippen LogP contribution in [0.3, 0.4) is 0 Å². The number of rotatable bonds is 6. The van der Waals surface area contributed by atoms with Crippen molar-refractivity contribution in [1.29, 1.82) is 0 Å². The van der Waals surface area contributed by atoms with Gasteiger partial charge >= 0.3 is 0 Å². The maximum Gasteiger partial charge on any atom is 0.175 e. The molecule has 6 nitrogen and oxygen atoms in total. The number of ether oxygens (including phenoxy) is 1. The maximum absolute atomic E-state index is 12.0. The number of fused-ring (bicyclic) bond motifs is 1. The number of hydrogen-bond acceptors (Lipinski definition) is 6. The van der Waals surface area contributed by atoms with E-state index in [4.69, 9.17) is 4.74 Å². The smallest absolute Gasteiger partial charge is 0.175 e. The summed E-state index contributed by atoms with van der Waals surface area (Å²) in [5, 5.41) is 0.781. The number of aromatic nitrogens is 2. The van der Waals surface area contributed by atoms with Crippen LogP contribution in [0.4, 0.5) is 5.82 Å². The van der Waals surface area contributed by atoms with E-state index in [1.807, 2.05) is 0 Å². The van der Waals surface area contributed by atoms with Crippen molar-refractivity contribution in [2.75, 3.05) is 31.4 Å². The molecule has 0 aliphatic carbocycles. The Labute approximate surface area is 149 Å². The Morgan fingerprint density at radius 3 is 2.80 bits per heavy atom. The molecule has 0 N–H and O–H groups in total. The SMILES string of the molecule is CCCC1(COC)CCCN1c1ncnc2ccc(S(C)(=O)=O)cc12. The van der Waals surface area contributed by atoms with E-state index < -0.39 is 9.84 Å². The van der Waals surface area contributed by atoms with E-state index in [0.717, 1.165) is 48.9 Å². The fraction of sp³-hybridized carbons (Fsp3) is 0.556. The van der Waals surface area contributed by atoms with Gasteiger partial charge in [-0.25, -0.2) is 18.4 Å². The highest BCUT2D eigenvalue weighted by molar-refractivity contribution is 7.90. The van der Waals surface area contributed by atoms with Crippen molar-refractivity contribution in [2.45, 2.75) is 43.0 Å². The second kappa shape index (κ2) is 6.88. The van der Waals surface area contributed by atoms with Crippen LogP contribution in [0.5, 0.6) is 0 Å². The molecular weight excluding hydrogens is 338 g/mol. The molecule has 1 saturated heterocycles. The monoisotopic (exact) mass is 363 g/mol. The van der Waals surface area contributed by atoms with E-state index in [1.54, 1.807) is 31.6 Å². The molecule has 1 unspecified atom stereocenters. The van der Waals surface area contributed by atoms with Gasteiger partial charge in [0.15, 0.2) is 9.84 Å². The summed E-state index contributed by atoms with van der Waals surface area (Å²) < 4.78 is 29.5. The van der Waals surface area contributed by atoms with Gasteiger partial charge in [-0.3, -0.25) is 0 Å². The van der Waals surface area contributed by atoms with Gasteiger partial charge in [-0.1, -0.05) is 13.3 Å². The molecule has 1 aromatic heterocycles. The predicted molar refractivity (Wildman–Crippen MR) is 98.7 cm³/mol. The van der Waals surface area contributed by atoms with Gasteiger partial charge in [-0.2, -0.15) is 0 Å². The van der Waals surface area contributed by atoms with Gasteiger partial charge in [-0.15, -0.1) is 0 Å². The lowest BCUT2D eigenvalue weighted by molar-refractivity contribution is 0.127. The zero-order valence-corrected chi connectivity index (χ0v) is 15.8. The van der Waals surface area contributed by atoms with Gasteiger partial charge in [0.05, 0.1) is 22.6 Å².